The number of rotatable bonds is 5. The summed E-state index contributed by atoms with van der Waals surface area (Å²) in [5.74, 6) is 2.08. The van der Waals surface area contributed by atoms with Crippen LogP contribution >= 0.6 is 0 Å². The number of fused-ring (bicyclic) bond motifs is 2. The van der Waals surface area contributed by atoms with Gasteiger partial charge >= 0.3 is 6.03 Å². The standard InChI is InChI=1S/C28H41N7O4S/c1-40(38,39)34-8-6-32(7-9-34)21-4-5-24(30-15-21)33-16-22-2-3-23(17-33)35(22)27(37)31-25-19-10-18-11-20(25)14-28(12-18,13-19)26(29)36/h4-5,15,18-20,22-23,25H,2-3,6-14,16-17H2,1H3,(H2,29,36)(H,31,37)/t18?,19-,20+,22?,23?,25?,28?. The van der Waals surface area contributed by atoms with E-state index in [0.29, 0.717) is 43.9 Å². The molecule has 1 aromatic heterocycles. The van der Waals surface area contributed by atoms with E-state index in [1.165, 1.54) is 10.6 Å². The highest BCUT2D eigenvalue weighted by molar-refractivity contribution is 7.88. The predicted molar refractivity (Wildman–Crippen MR) is 151 cm³/mol. The summed E-state index contributed by atoms with van der Waals surface area (Å²) in [6, 6.07) is 4.68. The van der Waals surface area contributed by atoms with Gasteiger partial charge in [-0.15, -0.1) is 0 Å². The zero-order valence-corrected chi connectivity index (χ0v) is 24.1. The number of carbonyl (C=O) groups is 2. The van der Waals surface area contributed by atoms with Gasteiger partial charge in [0.05, 0.1) is 30.2 Å². The van der Waals surface area contributed by atoms with Gasteiger partial charge in [-0.2, -0.15) is 4.31 Å². The summed E-state index contributed by atoms with van der Waals surface area (Å²) in [7, 11) is -3.15. The van der Waals surface area contributed by atoms with Gasteiger partial charge in [0, 0.05) is 50.7 Å². The number of carbonyl (C=O) groups excluding carboxylic acids is 2. The van der Waals surface area contributed by atoms with Crippen molar-refractivity contribution in [3.8, 4) is 0 Å². The lowest BCUT2D eigenvalue weighted by Gasteiger charge is -2.59. The zero-order chi connectivity index (χ0) is 27.8. The molecule has 3 aliphatic heterocycles. The first-order valence-corrected chi connectivity index (χ1v) is 16.7. The molecule has 4 aliphatic carbocycles. The maximum absolute atomic E-state index is 13.7. The maximum atomic E-state index is 13.7. The molecule has 218 valence electrons. The highest BCUT2D eigenvalue weighted by atomic mass is 32.2. The molecule has 7 atom stereocenters. The first-order chi connectivity index (χ1) is 19.1. The molecule has 3 amide bonds. The number of anilines is 2. The third-order valence-electron chi connectivity index (χ3n) is 10.9. The first kappa shape index (κ1) is 26.3. The molecule has 8 rings (SSSR count). The number of urea groups is 1. The van der Waals surface area contributed by atoms with E-state index >= 15 is 0 Å². The van der Waals surface area contributed by atoms with Crippen molar-refractivity contribution in [1.82, 2.24) is 19.5 Å². The average Bonchev–Trinajstić information content (AvgIpc) is 3.19. The highest BCUT2D eigenvalue weighted by Gasteiger charge is 2.58. The number of nitrogens with zero attached hydrogens (tertiary/aromatic N) is 5. The Hall–Kier alpha value is -2.60. The van der Waals surface area contributed by atoms with Crippen molar-refractivity contribution >= 4 is 33.5 Å². The Morgan fingerprint density at radius 1 is 0.975 bits per heavy atom. The van der Waals surface area contributed by atoms with Gasteiger partial charge in [-0.05, 0) is 74.8 Å². The zero-order valence-electron chi connectivity index (χ0n) is 23.2. The molecule has 5 unspecified atom stereocenters. The van der Waals surface area contributed by atoms with Crippen molar-refractivity contribution in [3.63, 3.8) is 0 Å². The summed E-state index contributed by atoms with van der Waals surface area (Å²) in [5, 5.41) is 3.45. The Morgan fingerprint density at radius 2 is 1.62 bits per heavy atom. The van der Waals surface area contributed by atoms with Crippen LogP contribution in [0.4, 0.5) is 16.3 Å². The van der Waals surface area contributed by atoms with Crippen molar-refractivity contribution in [2.75, 3.05) is 55.3 Å². The number of sulfonamides is 1. The Bertz CT molecular complexity index is 1250. The van der Waals surface area contributed by atoms with Crippen LogP contribution < -0.4 is 20.9 Å². The van der Waals surface area contributed by atoms with E-state index in [9.17, 15) is 18.0 Å². The number of pyridine rings is 1. The monoisotopic (exact) mass is 571 g/mol. The van der Waals surface area contributed by atoms with Gasteiger partial charge in [0.1, 0.15) is 5.82 Å². The van der Waals surface area contributed by atoms with Gasteiger partial charge in [-0.25, -0.2) is 18.2 Å². The van der Waals surface area contributed by atoms with Crippen molar-refractivity contribution in [3.05, 3.63) is 18.3 Å². The number of primary amides is 1. The number of nitrogens with one attached hydrogen (secondary N) is 1. The summed E-state index contributed by atoms with van der Waals surface area (Å²) in [6.07, 6.45) is 9.96. The quantitative estimate of drug-likeness (QED) is 0.543. The van der Waals surface area contributed by atoms with Crippen molar-refractivity contribution in [2.24, 2.45) is 28.9 Å². The summed E-state index contributed by atoms with van der Waals surface area (Å²) < 4.78 is 25.1. The molecule has 6 bridgehead atoms. The number of nitrogens with two attached hydrogens (primary N) is 1. The summed E-state index contributed by atoms with van der Waals surface area (Å²) in [4.78, 5) is 37.3. The van der Waals surface area contributed by atoms with Gasteiger partial charge in [0.15, 0.2) is 0 Å². The minimum atomic E-state index is -3.15. The number of amides is 3. The van der Waals surface area contributed by atoms with Crippen LogP contribution in [0.5, 0.6) is 0 Å². The van der Waals surface area contributed by atoms with Crippen LogP contribution in [-0.2, 0) is 14.8 Å². The largest absolute Gasteiger partial charge is 0.369 e. The van der Waals surface area contributed by atoms with E-state index in [1.807, 2.05) is 6.20 Å². The number of hydrogen-bond acceptors (Lipinski definition) is 7. The number of hydrogen-bond donors (Lipinski definition) is 2. The summed E-state index contributed by atoms with van der Waals surface area (Å²) in [5.41, 5.74) is 6.53. The summed E-state index contributed by atoms with van der Waals surface area (Å²) >= 11 is 0. The molecule has 40 heavy (non-hydrogen) atoms. The molecule has 4 saturated carbocycles. The summed E-state index contributed by atoms with van der Waals surface area (Å²) in [6.45, 7) is 3.82. The number of piperazine rings is 2. The van der Waals surface area contributed by atoms with Crippen LogP contribution in [0.25, 0.3) is 0 Å². The van der Waals surface area contributed by atoms with Gasteiger partial charge in [0.25, 0.3) is 0 Å². The van der Waals surface area contributed by atoms with Crippen LogP contribution in [0.15, 0.2) is 18.3 Å². The normalized spacial score (nSPS) is 37.2. The van der Waals surface area contributed by atoms with Gasteiger partial charge in [-0.3, -0.25) is 4.79 Å². The minimum Gasteiger partial charge on any atom is -0.369 e. The van der Waals surface area contributed by atoms with Crippen LogP contribution in [0.1, 0.15) is 44.9 Å². The molecule has 11 nitrogen and oxygen atoms in total. The fourth-order valence-electron chi connectivity index (χ4n) is 9.23. The van der Waals surface area contributed by atoms with Crippen LogP contribution in [-0.4, -0.2) is 98.2 Å². The lowest BCUT2D eigenvalue weighted by atomic mass is 9.47. The lowest BCUT2D eigenvalue weighted by molar-refractivity contribution is -0.145. The van der Waals surface area contributed by atoms with Crippen LogP contribution in [0.3, 0.4) is 0 Å². The molecule has 1 aromatic rings. The van der Waals surface area contributed by atoms with E-state index in [-0.39, 0.29) is 35.5 Å². The Morgan fingerprint density at radius 3 is 2.17 bits per heavy atom. The molecule has 0 spiro atoms. The van der Waals surface area contributed by atoms with E-state index in [4.69, 9.17) is 10.7 Å². The molecule has 7 aliphatic rings. The fraction of sp³-hybridized carbons (Fsp3) is 0.750. The van der Waals surface area contributed by atoms with Crippen LogP contribution in [0, 0.1) is 23.2 Å². The fourth-order valence-corrected chi connectivity index (χ4v) is 10.1. The van der Waals surface area contributed by atoms with Gasteiger partial charge < -0.3 is 25.8 Å². The SMILES string of the molecule is CS(=O)(=O)N1CCN(c2ccc(N3CC4CCC(C3)N4C(=O)NC3[C@@H]4CC5C[C@H]3CC(C(N)=O)(C5)C4)nc2)CC1. The predicted octanol–water partition coefficient (Wildman–Crippen LogP) is 1.21. The van der Waals surface area contributed by atoms with E-state index in [1.54, 1.807) is 0 Å². The third-order valence-corrected chi connectivity index (χ3v) is 12.2. The first-order valence-electron chi connectivity index (χ1n) is 14.9. The van der Waals surface area contributed by atoms with E-state index < -0.39 is 10.0 Å². The Kier molecular flexibility index (Phi) is 6.23. The molecule has 7 fully saturated rings. The maximum Gasteiger partial charge on any atom is 0.318 e. The number of aromatic nitrogens is 1. The Labute approximate surface area is 236 Å². The minimum absolute atomic E-state index is 0.0642. The molecule has 0 aromatic carbocycles. The molecule has 12 heteroatoms. The smallest absolute Gasteiger partial charge is 0.318 e. The van der Waals surface area contributed by atoms with Gasteiger partial charge in [0.2, 0.25) is 15.9 Å². The van der Waals surface area contributed by atoms with Crippen molar-refractivity contribution in [1.29, 1.82) is 0 Å². The second-order valence-electron chi connectivity index (χ2n) is 13.3. The topological polar surface area (TPSA) is 132 Å². The highest BCUT2D eigenvalue weighted by Crippen LogP contribution is 2.60. The van der Waals surface area contributed by atoms with Crippen molar-refractivity contribution < 1.29 is 18.0 Å². The van der Waals surface area contributed by atoms with E-state index in [2.05, 4.69) is 32.1 Å². The Balaban J connectivity index is 0.970. The molecule has 0 radical (unpaired) electrons. The average molecular weight is 572 g/mol. The van der Waals surface area contributed by atoms with Gasteiger partial charge in [-0.1, -0.05) is 0 Å². The van der Waals surface area contributed by atoms with Crippen molar-refractivity contribution in [2.45, 2.75) is 63.1 Å². The van der Waals surface area contributed by atoms with Crippen LogP contribution in [0.2, 0.25) is 0 Å². The second-order valence-corrected chi connectivity index (χ2v) is 15.3. The molecule has 3 N–H and O–H groups in total. The molecular formula is C28H41N7O4S. The van der Waals surface area contributed by atoms with E-state index in [0.717, 1.165) is 69.5 Å². The molecule has 4 heterocycles. The third kappa shape index (κ3) is 4.42. The lowest BCUT2D eigenvalue weighted by Crippen LogP contribution is -2.65. The molecule has 3 saturated heterocycles. The second kappa shape index (κ2) is 9.47. The molecular weight excluding hydrogens is 530 g/mol.